The van der Waals surface area contributed by atoms with Crippen molar-refractivity contribution in [3.63, 3.8) is 0 Å². The second kappa shape index (κ2) is 5.59. The molecule has 0 N–H and O–H groups in total. The number of carbonyl (C=O) groups excluding carboxylic acids is 2. The first-order chi connectivity index (χ1) is 5.20. The van der Waals surface area contributed by atoms with Crippen molar-refractivity contribution in [3.05, 3.63) is 29.0 Å². The van der Waals surface area contributed by atoms with E-state index in [1.165, 1.54) is 0 Å². The fraction of sp³-hybridized carbons (Fsp3) is 0.143. The van der Waals surface area contributed by atoms with Crippen LogP contribution in [0.1, 0.15) is 5.69 Å². The van der Waals surface area contributed by atoms with E-state index < -0.39 is 0 Å². The number of nitrogens with zero attached hydrogens (tertiary/aromatic N) is 1. The normalized spacial score (nSPS) is 7.45. The summed E-state index contributed by atoms with van der Waals surface area (Å²) in [5, 5.41) is 0.560. The molecule has 4 heteroatoms. The Bertz CT molecular complexity index is 239. The first-order valence-corrected chi connectivity index (χ1v) is 3.17. The Morgan fingerprint density at radius 2 is 2.00 bits per heavy atom. The van der Waals surface area contributed by atoms with E-state index >= 15 is 0 Å². The molecule has 3 nitrogen and oxygen atoms in total. The smallest absolute Gasteiger partial charge is 0.241 e. The van der Waals surface area contributed by atoms with Gasteiger partial charge >= 0.3 is 6.15 Å². The summed E-state index contributed by atoms with van der Waals surface area (Å²) < 4.78 is 0. The quantitative estimate of drug-likeness (QED) is 0.556. The Balaban J connectivity index is 0.000000292. The van der Waals surface area contributed by atoms with Gasteiger partial charge in [0.05, 0.1) is 0 Å². The molecule has 0 atom stereocenters. The molecule has 1 rings (SSSR count). The van der Waals surface area contributed by atoms with Gasteiger partial charge < -0.3 is 0 Å². The lowest BCUT2D eigenvalue weighted by molar-refractivity contribution is -0.191. The number of hydrogen-bond donors (Lipinski definition) is 0. The van der Waals surface area contributed by atoms with E-state index in [4.69, 9.17) is 21.2 Å². The second-order valence-corrected chi connectivity index (χ2v) is 2.07. The highest BCUT2D eigenvalue weighted by Gasteiger charge is 1.84. The molecule has 1 aromatic heterocycles. The van der Waals surface area contributed by atoms with Crippen LogP contribution in [-0.4, -0.2) is 11.1 Å². The van der Waals surface area contributed by atoms with Crippen LogP contribution >= 0.6 is 11.6 Å². The highest BCUT2D eigenvalue weighted by Crippen LogP contribution is 2.02. The zero-order valence-corrected chi connectivity index (χ0v) is 6.63. The summed E-state index contributed by atoms with van der Waals surface area (Å²) >= 11 is 5.53. The summed E-state index contributed by atoms with van der Waals surface area (Å²) in [6.45, 7) is 1.91. The van der Waals surface area contributed by atoms with Crippen LogP contribution in [0.15, 0.2) is 18.2 Å². The molecule has 0 unspecified atom stereocenters. The molecular formula is C7H6ClNO2. The standard InChI is InChI=1S/C6H6ClN.CO2/c1-5-3-2-4-6(7)8-5;2-1-3/h2-4H,1H3;. The maximum absolute atomic E-state index is 8.12. The minimum absolute atomic E-state index is 0.250. The van der Waals surface area contributed by atoms with Crippen LogP contribution in [0.5, 0.6) is 0 Å². The molecule has 0 aliphatic heterocycles. The van der Waals surface area contributed by atoms with E-state index in [0.717, 1.165) is 5.69 Å². The van der Waals surface area contributed by atoms with Crippen LogP contribution in [0.4, 0.5) is 0 Å². The summed E-state index contributed by atoms with van der Waals surface area (Å²) in [6.07, 6.45) is 0.250. The number of aryl methyl sites for hydroxylation is 1. The Labute approximate surface area is 69.0 Å². The monoisotopic (exact) mass is 171 g/mol. The summed E-state index contributed by atoms with van der Waals surface area (Å²) in [5.74, 6) is 0. The van der Waals surface area contributed by atoms with Gasteiger partial charge in [0.25, 0.3) is 0 Å². The fourth-order valence-corrected chi connectivity index (χ4v) is 0.716. The molecule has 0 amide bonds. The predicted octanol–water partition coefficient (Wildman–Crippen LogP) is 1.46. The van der Waals surface area contributed by atoms with Gasteiger partial charge in [0.1, 0.15) is 5.15 Å². The minimum Gasteiger partial charge on any atom is -0.241 e. The van der Waals surface area contributed by atoms with Crippen LogP contribution in [0.25, 0.3) is 0 Å². The molecule has 1 heterocycles. The molecule has 1 aromatic rings. The van der Waals surface area contributed by atoms with Crippen LogP contribution < -0.4 is 0 Å². The summed E-state index contributed by atoms with van der Waals surface area (Å²) in [6, 6.07) is 5.55. The Kier molecular flexibility index (Phi) is 4.99. The topological polar surface area (TPSA) is 47.0 Å². The third-order valence-corrected chi connectivity index (χ3v) is 1.06. The summed E-state index contributed by atoms with van der Waals surface area (Å²) in [4.78, 5) is 20.2. The fourth-order valence-electron chi connectivity index (χ4n) is 0.510. The maximum Gasteiger partial charge on any atom is 0.373 e. The van der Waals surface area contributed by atoms with E-state index in [-0.39, 0.29) is 6.15 Å². The number of halogens is 1. The predicted molar refractivity (Wildman–Crippen MR) is 39.0 cm³/mol. The molecule has 0 radical (unpaired) electrons. The zero-order valence-electron chi connectivity index (χ0n) is 5.87. The van der Waals surface area contributed by atoms with E-state index in [1.807, 2.05) is 19.1 Å². The molecule has 0 saturated carbocycles. The number of hydrogen-bond acceptors (Lipinski definition) is 3. The van der Waals surface area contributed by atoms with Gasteiger partial charge in [-0.1, -0.05) is 17.7 Å². The van der Waals surface area contributed by atoms with Gasteiger partial charge in [0, 0.05) is 5.69 Å². The Hall–Kier alpha value is -1.18. The maximum atomic E-state index is 8.12. The minimum atomic E-state index is 0.250. The van der Waals surface area contributed by atoms with Gasteiger partial charge in [-0.15, -0.1) is 0 Å². The van der Waals surface area contributed by atoms with Gasteiger partial charge in [0.2, 0.25) is 0 Å². The van der Waals surface area contributed by atoms with E-state index in [1.54, 1.807) is 6.07 Å². The molecule has 58 valence electrons. The molecule has 11 heavy (non-hydrogen) atoms. The van der Waals surface area contributed by atoms with Crippen LogP contribution in [0, 0.1) is 6.92 Å². The zero-order chi connectivity index (χ0) is 8.69. The van der Waals surface area contributed by atoms with E-state index in [2.05, 4.69) is 4.98 Å². The van der Waals surface area contributed by atoms with Crippen molar-refractivity contribution in [2.45, 2.75) is 6.92 Å². The molecule has 0 spiro atoms. The van der Waals surface area contributed by atoms with Crippen LogP contribution in [0.2, 0.25) is 5.15 Å². The molecular weight excluding hydrogens is 166 g/mol. The van der Waals surface area contributed by atoms with Gasteiger partial charge in [-0.3, -0.25) is 0 Å². The third-order valence-electron chi connectivity index (χ3n) is 0.854. The first kappa shape index (κ1) is 9.82. The van der Waals surface area contributed by atoms with Gasteiger partial charge in [-0.05, 0) is 19.1 Å². The number of aromatic nitrogens is 1. The largest absolute Gasteiger partial charge is 0.373 e. The van der Waals surface area contributed by atoms with Gasteiger partial charge in [0.15, 0.2) is 0 Å². The summed E-state index contributed by atoms with van der Waals surface area (Å²) in [5.41, 5.74) is 0.956. The van der Waals surface area contributed by atoms with E-state index in [0.29, 0.717) is 5.15 Å². The highest BCUT2D eigenvalue weighted by molar-refractivity contribution is 6.29. The van der Waals surface area contributed by atoms with Crippen molar-refractivity contribution in [3.8, 4) is 0 Å². The Morgan fingerprint density at radius 3 is 2.27 bits per heavy atom. The van der Waals surface area contributed by atoms with Crippen molar-refractivity contribution in [2.24, 2.45) is 0 Å². The molecule has 0 aliphatic carbocycles. The van der Waals surface area contributed by atoms with Gasteiger partial charge in [-0.25, -0.2) is 4.98 Å². The Morgan fingerprint density at radius 1 is 1.45 bits per heavy atom. The van der Waals surface area contributed by atoms with Crippen molar-refractivity contribution >= 4 is 17.8 Å². The molecule has 0 aliphatic rings. The molecule has 0 saturated heterocycles. The van der Waals surface area contributed by atoms with Crippen LogP contribution in [0.3, 0.4) is 0 Å². The molecule has 0 bridgehead atoms. The molecule has 0 aromatic carbocycles. The average Bonchev–Trinajstić information content (AvgIpc) is 1.88. The van der Waals surface area contributed by atoms with Crippen molar-refractivity contribution in [2.75, 3.05) is 0 Å². The van der Waals surface area contributed by atoms with Crippen molar-refractivity contribution < 1.29 is 9.59 Å². The third kappa shape index (κ3) is 5.27. The van der Waals surface area contributed by atoms with E-state index in [9.17, 15) is 0 Å². The lowest BCUT2D eigenvalue weighted by Gasteiger charge is -1.88. The first-order valence-electron chi connectivity index (χ1n) is 2.79. The van der Waals surface area contributed by atoms with Crippen LogP contribution in [-0.2, 0) is 9.59 Å². The van der Waals surface area contributed by atoms with Crippen molar-refractivity contribution in [1.82, 2.24) is 4.98 Å². The molecule has 0 fully saturated rings. The number of pyridine rings is 1. The van der Waals surface area contributed by atoms with Crippen molar-refractivity contribution in [1.29, 1.82) is 0 Å². The highest BCUT2D eigenvalue weighted by atomic mass is 35.5. The second-order valence-electron chi connectivity index (χ2n) is 1.69. The average molecular weight is 172 g/mol. The SMILES string of the molecule is Cc1cccc(Cl)n1.O=C=O. The lowest BCUT2D eigenvalue weighted by atomic mass is 10.4. The lowest BCUT2D eigenvalue weighted by Crippen LogP contribution is -1.76. The number of rotatable bonds is 0. The summed E-state index contributed by atoms with van der Waals surface area (Å²) in [7, 11) is 0. The van der Waals surface area contributed by atoms with Gasteiger partial charge in [-0.2, -0.15) is 9.59 Å².